The number of nitrogens with one attached hydrogen (secondary N) is 3. The third-order valence-corrected chi connectivity index (χ3v) is 6.33. The summed E-state index contributed by atoms with van der Waals surface area (Å²) in [6.45, 7) is 4.06. The van der Waals surface area contributed by atoms with Crippen LogP contribution < -0.4 is 26.0 Å². The number of aromatic amines is 1. The Labute approximate surface area is 203 Å². The lowest BCUT2D eigenvalue weighted by molar-refractivity contribution is 0.100. The van der Waals surface area contributed by atoms with E-state index in [2.05, 4.69) is 49.6 Å². The molecular weight excluding hydrogens is 442 g/mol. The average Bonchev–Trinajstić information content (AvgIpc) is 3.28. The zero-order valence-electron chi connectivity index (χ0n) is 19.8. The summed E-state index contributed by atoms with van der Waals surface area (Å²) in [5.41, 5.74) is 10.2. The van der Waals surface area contributed by atoms with Gasteiger partial charge in [0.15, 0.2) is 0 Å². The molecule has 1 aliphatic rings. The quantitative estimate of drug-likeness (QED) is 0.323. The van der Waals surface area contributed by atoms with Crippen molar-refractivity contribution in [2.45, 2.75) is 0 Å². The van der Waals surface area contributed by atoms with Crippen molar-refractivity contribution in [3.05, 3.63) is 66.5 Å². The molecule has 0 bridgehead atoms. The fraction of sp³-hybridized carbons (Fsp3) is 0.231. The van der Waals surface area contributed by atoms with Gasteiger partial charge in [0.1, 0.15) is 11.6 Å². The Kier molecular flexibility index (Phi) is 6.15. The number of ether oxygens (including phenoxy) is 1. The lowest BCUT2D eigenvalue weighted by Crippen LogP contribution is -2.44. The standard InChI is InChI=1S/C26H29N7O2/c1-32-9-11-33(12-10-32)17-7-8-24(35-2)21(13-17)30-25-14-19-22(15-28-16-23(19)31-25)29-20-6-4-3-5-18(20)26(27)34/h3-8,13-16,29-31H,9-12H2,1-2H3,(H2,27,34). The summed E-state index contributed by atoms with van der Waals surface area (Å²) in [4.78, 5) is 24.3. The Hall–Kier alpha value is -4.24. The van der Waals surface area contributed by atoms with E-state index in [-0.39, 0.29) is 0 Å². The molecule has 1 aliphatic heterocycles. The van der Waals surface area contributed by atoms with Gasteiger partial charge in [-0.25, -0.2) is 0 Å². The number of amides is 1. The first-order valence-electron chi connectivity index (χ1n) is 11.5. The molecule has 1 amide bonds. The predicted molar refractivity (Wildman–Crippen MR) is 140 cm³/mol. The van der Waals surface area contributed by atoms with E-state index in [0.717, 1.165) is 65.7 Å². The third kappa shape index (κ3) is 4.71. The zero-order chi connectivity index (χ0) is 24.4. The van der Waals surface area contributed by atoms with Gasteiger partial charge in [0.2, 0.25) is 0 Å². The Balaban J connectivity index is 1.44. The van der Waals surface area contributed by atoms with E-state index in [1.807, 2.05) is 24.3 Å². The molecule has 0 unspecified atom stereocenters. The van der Waals surface area contributed by atoms with Crippen molar-refractivity contribution < 1.29 is 9.53 Å². The van der Waals surface area contributed by atoms with Crippen molar-refractivity contribution in [1.82, 2.24) is 14.9 Å². The summed E-state index contributed by atoms with van der Waals surface area (Å²) in [6.07, 6.45) is 3.50. The maximum atomic E-state index is 11.8. The van der Waals surface area contributed by atoms with Gasteiger partial charge in [0, 0.05) is 37.3 Å². The maximum absolute atomic E-state index is 11.8. The molecule has 180 valence electrons. The Morgan fingerprint density at radius 2 is 1.80 bits per heavy atom. The summed E-state index contributed by atoms with van der Waals surface area (Å²) < 4.78 is 5.62. The monoisotopic (exact) mass is 471 g/mol. The highest BCUT2D eigenvalue weighted by Gasteiger charge is 2.17. The molecule has 0 atom stereocenters. The molecule has 35 heavy (non-hydrogen) atoms. The van der Waals surface area contributed by atoms with Crippen LogP contribution in [0.3, 0.4) is 0 Å². The van der Waals surface area contributed by atoms with Crippen LogP contribution in [0.1, 0.15) is 10.4 Å². The van der Waals surface area contributed by atoms with Crippen LogP contribution in [0.15, 0.2) is 60.9 Å². The summed E-state index contributed by atoms with van der Waals surface area (Å²) >= 11 is 0. The molecule has 0 radical (unpaired) electrons. The summed E-state index contributed by atoms with van der Waals surface area (Å²) in [6, 6.07) is 15.4. The van der Waals surface area contributed by atoms with Gasteiger partial charge < -0.3 is 35.9 Å². The number of hydrogen-bond acceptors (Lipinski definition) is 7. The minimum atomic E-state index is -0.489. The SMILES string of the molecule is COc1ccc(N2CCN(C)CC2)cc1Nc1cc2c(Nc3ccccc3C(N)=O)cncc2[nH]1. The van der Waals surface area contributed by atoms with E-state index < -0.39 is 5.91 Å². The number of nitrogens with two attached hydrogens (primary N) is 1. The van der Waals surface area contributed by atoms with E-state index in [1.54, 1.807) is 31.6 Å². The van der Waals surface area contributed by atoms with Gasteiger partial charge >= 0.3 is 0 Å². The highest BCUT2D eigenvalue weighted by Crippen LogP contribution is 2.35. The van der Waals surface area contributed by atoms with Gasteiger partial charge in [-0.05, 0) is 43.4 Å². The number of methoxy groups -OCH3 is 1. The minimum absolute atomic E-state index is 0.420. The van der Waals surface area contributed by atoms with E-state index in [0.29, 0.717) is 11.3 Å². The molecule has 0 saturated carbocycles. The number of likely N-dealkylation sites (N-methyl/N-ethyl adjacent to an activating group) is 1. The number of fused-ring (bicyclic) bond motifs is 1. The van der Waals surface area contributed by atoms with E-state index in [9.17, 15) is 4.79 Å². The Morgan fingerprint density at radius 3 is 2.57 bits per heavy atom. The zero-order valence-corrected chi connectivity index (χ0v) is 19.8. The van der Waals surface area contributed by atoms with Crippen LogP contribution in [0.25, 0.3) is 10.9 Å². The number of primary amides is 1. The number of hydrogen-bond donors (Lipinski definition) is 4. The number of aromatic nitrogens is 2. The first kappa shape index (κ1) is 22.5. The average molecular weight is 472 g/mol. The van der Waals surface area contributed by atoms with Crippen molar-refractivity contribution in [3.63, 3.8) is 0 Å². The van der Waals surface area contributed by atoms with E-state index in [4.69, 9.17) is 10.5 Å². The smallest absolute Gasteiger partial charge is 0.250 e. The second kappa shape index (κ2) is 9.55. The number of benzene rings is 2. The van der Waals surface area contributed by atoms with E-state index in [1.165, 1.54) is 0 Å². The van der Waals surface area contributed by atoms with Crippen LogP contribution in [-0.2, 0) is 0 Å². The number of H-pyrrole nitrogens is 1. The summed E-state index contributed by atoms with van der Waals surface area (Å²) in [7, 11) is 3.82. The topological polar surface area (TPSA) is 112 Å². The molecule has 0 spiro atoms. The number of anilines is 5. The van der Waals surface area contributed by atoms with Crippen LogP contribution in [0.5, 0.6) is 5.75 Å². The van der Waals surface area contributed by atoms with Crippen molar-refractivity contribution >= 4 is 45.4 Å². The number of pyridine rings is 1. The lowest BCUT2D eigenvalue weighted by Gasteiger charge is -2.34. The highest BCUT2D eigenvalue weighted by molar-refractivity contribution is 6.02. The van der Waals surface area contributed by atoms with Gasteiger partial charge in [-0.1, -0.05) is 12.1 Å². The highest BCUT2D eigenvalue weighted by atomic mass is 16.5. The molecule has 5 N–H and O–H groups in total. The van der Waals surface area contributed by atoms with Gasteiger partial charge in [0.05, 0.1) is 47.6 Å². The van der Waals surface area contributed by atoms with Crippen LogP contribution in [0, 0.1) is 0 Å². The molecule has 0 aliphatic carbocycles. The van der Waals surface area contributed by atoms with Gasteiger partial charge in [-0.3, -0.25) is 9.78 Å². The first-order valence-corrected chi connectivity index (χ1v) is 11.5. The van der Waals surface area contributed by atoms with Gasteiger partial charge in [0.25, 0.3) is 5.91 Å². The Bertz CT molecular complexity index is 1360. The molecule has 5 rings (SSSR count). The first-order chi connectivity index (χ1) is 17.0. The molecule has 4 aromatic rings. The molecule has 9 heteroatoms. The van der Waals surface area contributed by atoms with Crippen LogP contribution in [-0.4, -0.2) is 61.1 Å². The lowest BCUT2D eigenvalue weighted by atomic mass is 10.1. The number of carbonyl (C=O) groups excluding carboxylic acids is 1. The van der Waals surface area contributed by atoms with Crippen molar-refractivity contribution in [2.24, 2.45) is 5.73 Å². The van der Waals surface area contributed by atoms with Crippen molar-refractivity contribution in [2.75, 3.05) is 55.9 Å². The van der Waals surface area contributed by atoms with Crippen LogP contribution in [0.2, 0.25) is 0 Å². The van der Waals surface area contributed by atoms with Crippen molar-refractivity contribution in [1.29, 1.82) is 0 Å². The maximum Gasteiger partial charge on any atom is 0.250 e. The fourth-order valence-corrected chi connectivity index (χ4v) is 4.37. The molecular formula is C26H29N7O2. The second-order valence-corrected chi connectivity index (χ2v) is 8.67. The van der Waals surface area contributed by atoms with Gasteiger partial charge in [-0.2, -0.15) is 0 Å². The second-order valence-electron chi connectivity index (χ2n) is 8.67. The summed E-state index contributed by atoms with van der Waals surface area (Å²) in [5.74, 6) is 1.07. The van der Waals surface area contributed by atoms with Gasteiger partial charge in [-0.15, -0.1) is 0 Å². The number of carbonyl (C=O) groups is 1. The van der Waals surface area contributed by atoms with Crippen molar-refractivity contribution in [3.8, 4) is 5.75 Å². The number of rotatable bonds is 7. The molecule has 9 nitrogen and oxygen atoms in total. The number of nitrogens with zero attached hydrogens (tertiary/aromatic N) is 3. The predicted octanol–water partition coefficient (Wildman–Crippen LogP) is 3.91. The molecule has 2 aromatic heterocycles. The normalized spacial score (nSPS) is 14.2. The fourth-order valence-electron chi connectivity index (χ4n) is 4.37. The molecule has 1 saturated heterocycles. The Morgan fingerprint density at radius 1 is 1.00 bits per heavy atom. The molecule has 1 fully saturated rings. The number of piperazine rings is 1. The van der Waals surface area contributed by atoms with E-state index >= 15 is 0 Å². The largest absolute Gasteiger partial charge is 0.495 e. The third-order valence-electron chi connectivity index (χ3n) is 6.33. The molecule has 3 heterocycles. The number of para-hydroxylation sites is 1. The molecule has 2 aromatic carbocycles. The minimum Gasteiger partial charge on any atom is -0.495 e. The summed E-state index contributed by atoms with van der Waals surface area (Å²) in [5, 5.41) is 7.71. The van der Waals surface area contributed by atoms with Crippen LogP contribution >= 0.6 is 0 Å². The van der Waals surface area contributed by atoms with Crippen LogP contribution in [0.4, 0.5) is 28.6 Å².